The number of nitrogens with one attached hydrogen (secondary N) is 1. The molecule has 1 fully saturated rings. The first-order valence-corrected chi connectivity index (χ1v) is 7.75. The number of hydrogen-bond acceptors (Lipinski definition) is 3. The quantitative estimate of drug-likeness (QED) is 0.877. The second-order valence-corrected chi connectivity index (χ2v) is 6.14. The van der Waals surface area contributed by atoms with Gasteiger partial charge in [-0.15, -0.1) is 0 Å². The minimum Gasteiger partial charge on any atom is -0.376 e. The van der Waals surface area contributed by atoms with E-state index in [2.05, 4.69) is 5.32 Å². The molecule has 0 radical (unpaired) electrons. The van der Waals surface area contributed by atoms with Crippen LogP contribution in [0.25, 0.3) is 0 Å². The van der Waals surface area contributed by atoms with Crippen molar-refractivity contribution in [1.29, 1.82) is 0 Å². The zero-order chi connectivity index (χ0) is 14.6. The maximum atomic E-state index is 13.2. The molecule has 0 aliphatic carbocycles. The molecule has 0 amide bonds. The van der Waals surface area contributed by atoms with Crippen molar-refractivity contribution in [1.82, 2.24) is 5.32 Å². The molecule has 1 aromatic carbocycles. The van der Waals surface area contributed by atoms with Crippen LogP contribution in [0.3, 0.4) is 0 Å². The van der Waals surface area contributed by atoms with Crippen molar-refractivity contribution in [3.8, 4) is 0 Å². The largest absolute Gasteiger partial charge is 0.421 e. The van der Waals surface area contributed by atoms with E-state index in [0.29, 0.717) is 0 Å². The molecule has 2 N–H and O–H groups in total. The van der Waals surface area contributed by atoms with E-state index >= 15 is 0 Å². The molecule has 2 rings (SSSR count). The second kappa shape index (κ2) is 6.37. The van der Waals surface area contributed by atoms with Crippen LogP contribution >= 0.6 is 11.8 Å². The van der Waals surface area contributed by atoms with Gasteiger partial charge in [0.15, 0.2) is 5.60 Å². The average Bonchev–Trinajstić information content (AvgIpc) is 2.91. The van der Waals surface area contributed by atoms with Crippen LogP contribution in [0.2, 0.25) is 0 Å². The fourth-order valence-electron chi connectivity index (χ4n) is 2.32. The van der Waals surface area contributed by atoms with E-state index in [-0.39, 0.29) is 24.6 Å². The lowest BCUT2D eigenvalue weighted by Crippen LogP contribution is -2.45. The first kappa shape index (κ1) is 15.7. The third-order valence-electron chi connectivity index (χ3n) is 3.57. The maximum Gasteiger partial charge on any atom is 0.421 e. The lowest BCUT2D eigenvalue weighted by Gasteiger charge is -2.31. The van der Waals surface area contributed by atoms with Gasteiger partial charge in [-0.3, -0.25) is 0 Å². The van der Waals surface area contributed by atoms with Crippen LogP contribution in [0.1, 0.15) is 18.4 Å². The number of hydrogen-bond donors (Lipinski definition) is 2. The summed E-state index contributed by atoms with van der Waals surface area (Å²) in [4.78, 5) is 0. The monoisotopic (exact) mass is 305 g/mol. The highest BCUT2D eigenvalue weighted by Crippen LogP contribution is 2.41. The molecule has 1 heterocycles. The molecule has 112 valence electrons. The molecule has 2 nitrogen and oxygen atoms in total. The van der Waals surface area contributed by atoms with Crippen LogP contribution in [0.4, 0.5) is 13.2 Å². The molecular weight excluding hydrogens is 287 g/mol. The summed E-state index contributed by atoms with van der Waals surface area (Å²) >= 11 is 1.79. The molecule has 1 aliphatic rings. The number of alkyl halides is 3. The Morgan fingerprint density at radius 2 is 1.95 bits per heavy atom. The van der Waals surface area contributed by atoms with Crippen molar-refractivity contribution < 1.29 is 18.3 Å². The number of thioether (sulfide) groups is 1. The standard InChI is InChI=1S/C14H18F3NOS/c15-14(16,17)13(19,11-4-2-1-3-5-11)7-8-18-12-6-9-20-10-12/h1-5,12,18-19H,6-10H2. The molecule has 1 aromatic rings. The fourth-order valence-corrected chi connectivity index (χ4v) is 3.50. The molecule has 2 unspecified atom stereocenters. The highest BCUT2D eigenvalue weighted by molar-refractivity contribution is 7.99. The highest BCUT2D eigenvalue weighted by Gasteiger charge is 2.54. The van der Waals surface area contributed by atoms with Crippen LogP contribution < -0.4 is 5.32 Å². The van der Waals surface area contributed by atoms with Gasteiger partial charge < -0.3 is 10.4 Å². The van der Waals surface area contributed by atoms with Crippen LogP contribution in [0.5, 0.6) is 0 Å². The van der Waals surface area contributed by atoms with Crippen LogP contribution in [0, 0.1) is 0 Å². The Kier molecular flexibility index (Phi) is 4.99. The van der Waals surface area contributed by atoms with Crippen LogP contribution in [-0.4, -0.2) is 35.4 Å². The molecule has 0 aromatic heterocycles. The molecular formula is C14H18F3NOS. The Bertz CT molecular complexity index is 420. The van der Waals surface area contributed by atoms with Gasteiger partial charge in [0.2, 0.25) is 0 Å². The van der Waals surface area contributed by atoms with E-state index in [0.717, 1.165) is 17.9 Å². The normalized spacial score (nSPS) is 22.7. The number of halogens is 3. The first-order valence-electron chi connectivity index (χ1n) is 6.59. The smallest absolute Gasteiger partial charge is 0.376 e. The molecule has 2 atom stereocenters. The van der Waals surface area contributed by atoms with E-state index in [9.17, 15) is 18.3 Å². The van der Waals surface area contributed by atoms with E-state index in [1.807, 2.05) is 0 Å². The second-order valence-electron chi connectivity index (χ2n) is 4.99. The van der Waals surface area contributed by atoms with Gasteiger partial charge >= 0.3 is 6.18 Å². The summed E-state index contributed by atoms with van der Waals surface area (Å²) in [6, 6.07) is 7.54. The summed E-state index contributed by atoms with van der Waals surface area (Å²) in [6.07, 6.45) is -4.08. The van der Waals surface area contributed by atoms with Crippen LogP contribution in [0.15, 0.2) is 30.3 Å². The van der Waals surface area contributed by atoms with Crippen molar-refractivity contribution >= 4 is 11.8 Å². The summed E-state index contributed by atoms with van der Waals surface area (Å²) < 4.78 is 39.6. The Labute approximate surface area is 120 Å². The molecule has 0 bridgehead atoms. The molecule has 1 aliphatic heterocycles. The Morgan fingerprint density at radius 1 is 1.25 bits per heavy atom. The zero-order valence-electron chi connectivity index (χ0n) is 11.0. The van der Waals surface area contributed by atoms with Gasteiger partial charge in [0.25, 0.3) is 0 Å². The molecule has 1 saturated heterocycles. The minimum atomic E-state index is -4.68. The molecule has 20 heavy (non-hydrogen) atoms. The third-order valence-corrected chi connectivity index (χ3v) is 4.73. The minimum absolute atomic E-state index is 0.102. The summed E-state index contributed by atoms with van der Waals surface area (Å²) in [6.45, 7) is 0.149. The lowest BCUT2D eigenvalue weighted by molar-refractivity contribution is -0.268. The Balaban J connectivity index is 2.04. The highest BCUT2D eigenvalue weighted by atomic mass is 32.2. The van der Waals surface area contributed by atoms with E-state index in [4.69, 9.17) is 0 Å². The van der Waals surface area contributed by atoms with Gasteiger partial charge in [0, 0.05) is 18.2 Å². The topological polar surface area (TPSA) is 32.3 Å². The predicted octanol–water partition coefficient (Wildman–Crippen LogP) is 2.92. The van der Waals surface area contributed by atoms with Crippen molar-refractivity contribution in [2.24, 2.45) is 0 Å². The van der Waals surface area contributed by atoms with Crippen molar-refractivity contribution in [2.45, 2.75) is 30.7 Å². The van der Waals surface area contributed by atoms with Gasteiger partial charge in [-0.25, -0.2) is 0 Å². The summed E-state index contributed by atoms with van der Waals surface area (Å²) in [5, 5.41) is 13.2. The summed E-state index contributed by atoms with van der Waals surface area (Å²) in [5.74, 6) is 1.97. The van der Waals surface area contributed by atoms with E-state index in [1.54, 1.807) is 17.8 Å². The lowest BCUT2D eigenvalue weighted by atomic mass is 9.89. The SMILES string of the molecule is OC(CCNC1CCSC1)(c1ccccc1)C(F)(F)F. The van der Waals surface area contributed by atoms with Crippen molar-refractivity contribution in [2.75, 3.05) is 18.1 Å². The van der Waals surface area contributed by atoms with E-state index < -0.39 is 11.8 Å². The molecule has 0 spiro atoms. The molecule has 0 saturated carbocycles. The first-order chi connectivity index (χ1) is 9.43. The summed E-state index contributed by atoms with van der Waals surface area (Å²) in [5.41, 5.74) is -2.89. The fraction of sp³-hybridized carbons (Fsp3) is 0.571. The van der Waals surface area contributed by atoms with Crippen LogP contribution in [-0.2, 0) is 5.60 Å². The van der Waals surface area contributed by atoms with Gasteiger partial charge in [-0.2, -0.15) is 24.9 Å². The van der Waals surface area contributed by atoms with Gasteiger partial charge in [-0.05, 0) is 24.3 Å². The van der Waals surface area contributed by atoms with Gasteiger partial charge in [-0.1, -0.05) is 30.3 Å². The molecule has 6 heteroatoms. The Morgan fingerprint density at radius 3 is 2.50 bits per heavy atom. The van der Waals surface area contributed by atoms with Crippen molar-refractivity contribution in [3.63, 3.8) is 0 Å². The zero-order valence-corrected chi connectivity index (χ0v) is 11.8. The maximum absolute atomic E-state index is 13.2. The van der Waals surface area contributed by atoms with E-state index in [1.165, 1.54) is 24.3 Å². The van der Waals surface area contributed by atoms with Crippen molar-refractivity contribution in [3.05, 3.63) is 35.9 Å². The number of aliphatic hydroxyl groups is 1. The predicted molar refractivity (Wildman–Crippen MR) is 74.7 cm³/mol. The van der Waals surface area contributed by atoms with Gasteiger partial charge in [0.05, 0.1) is 0 Å². The third kappa shape index (κ3) is 3.48. The van der Waals surface area contributed by atoms with Gasteiger partial charge in [0.1, 0.15) is 0 Å². The average molecular weight is 305 g/mol. The number of rotatable bonds is 5. The Hall–Kier alpha value is -0.720. The number of benzene rings is 1. The summed E-state index contributed by atoms with van der Waals surface area (Å²) in [7, 11) is 0.